The summed E-state index contributed by atoms with van der Waals surface area (Å²) in [4.78, 5) is 17.7. The van der Waals surface area contributed by atoms with Crippen LogP contribution in [0.2, 0.25) is 0 Å². The van der Waals surface area contributed by atoms with Crippen LogP contribution in [-0.2, 0) is 19.4 Å². The van der Waals surface area contributed by atoms with Gasteiger partial charge in [0, 0.05) is 35.7 Å². The topological polar surface area (TPSA) is 46.9 Å². The molecule has 3 rings (SSSR count). The molecule has 4 nitrogen and oxygen atoms in total. The molecule has 0 aliphatic heterocycles. The zero-order chi connectivity index (χ0) is 13.9. The summed E-state index contributed by atoms with van der Waals surface area (Å²) in [7, 11) is 0. The molecular weight excluding hydrogens is 270 g/mol. The van der Waals surface area contributed by atoms with Crippen LogP contribution in [0.1, 0.15) is 34.1 Å². The second-order valence-corrected chi connectivity index (χ2v) is 6.42. The Hall–Kier alpha value is -1.62. The number of hydrogen-bond donors (Lipinski definition) is 1. The highest BCUT2D eigenvalue weighted by Crippen LogP contribution is 2.32. The minimum absolute atomic E-state index is 0.0668. The van der Waals surface area contributed by atoms with Crippen molar-refractivity contribution in [1.82, 2.24) is 14.9 Å². The third-order valence-electron chi connectivity index (χ3n) is 3.86. The van der Waals surface area contributed by atoms with Crippen LogP contribution in [0.3, 0.4) is 0 Å². The number of fused-ring (bicyclic) bond motifs is 1. The molecule has 0 radical (unpaired) electrons. The van der Waals surface area contributed by atoms with Gasteiger partial charge in [-0.15, -0.1) is 11.3 Å². The maximum absolute atomic E-state index is 12.3. The summed E-state index contributed by atoms with van der Waals surface area (Å²) in [6.45, 7) is 3.68. The fraction of sp³-hybridized carbons (Fsp3) is 0.467. The molecule has 2 aromatic rings. The van der Waals surface area contributed by atoms with Gasteiger partial charge in [0.05, 0.1) is 11.9 Å². The normalized spacial score (nSPS) is 17.8. The lowest BCUT2D eigenvalue weighted by molar-refractivity contribution is 0.0951. The standard InChI is InChI=1S/C15H19N3OS/c1-11-2-3-12-13(9-20-14(12)8-11)15(19)17-5-7-18-6-4-16-10-18/h4,6,9-11H,2-3,5,7-8H2,1H3,(H,17,19)/t11-/m0/s1. The Morgan fingerprint density at radius 3 is 3.30 bits per heavy atom. The first kappa shape index (κ1) is 13.4. The van der Waals surface area contributed by atoms with Crippen LogP contribution in [-0.4, -0.2) is 22.0 Å². The number of nitrogens with one attached hydrogen (secondary N) is 1. The van der Waals surface area contributed by atoms with Gasteiger partial charge in [-0.3, -0.25) is 4.79 Å². The van der Waals surface area contributed by atoms with E-state index in [1.165, 1.54) is 16.9 Å². The van der Waals surface area contributed by atoms with Crippen molar-refractivity contribution in [2.24, 2.45) is 5.92 Å². The third kappa shape index (κ3) is 2.77. The molecule has 0 fully saturated rings. The predicted octanol–water partition coefficient (Wildman–Crippen LogP) is 2.50. The number of carbonyl (C=O) groups is 1. The second kappa shape index (κ2) is 5.79. The van der Waals surface area contributed by atoms with Crippen LogP contribution in [0.4, 0.5) is 0 Å². The molecular formula is C15H19N3OS. The average molecular weight is 289 g/mol. The minimum atomic E-state index is 0.0668. The maximum atomic E-state index is 12.3. The van der Waals surface area contributed by atoms with Gasteiger partial charge in [-0.05, 0) is 30.7 Å². The second-order valence-electron chi connectivity index (χ2n) is 5.46. The molecule has 20 heavy (non-hydrogen) atoms. The number of thiophene rings is 1. The van der Waals surface area contributed by atoms with Crippen molar-refractivity contribution >= 4 is 17.2 Å². The lowest BCUT2D eigenvalue weighted by Crippen LogP contribution is -2.28. The summed E-state index contributed by atoms with van der Waals surface area (Å²) >= 11 is 1.74. The number of amides is 1. The molecule has 1 N–H and O–H groups in total. The molecule has 1 atom stereocenters. The summed E-state index contributed by atoms with van der Waals surface area (Å²) in [5, 5.41) is 5.03. The molecule has 0 aromatic carbocycles. The molecule has 2 aromatic heterocycles. The van der Waals surface area contributed by atoms with E-state index in [9.17, 15) is 4.79 Å². The molecule has 1 aliphatic rings. The van der Waals surface area contributed by atoms with Gasteiger partial charge < -0.3 is 9.88 Å². The van der Waals surface area contributed by atoms with Crippen molar-refractivity contribution in [2.75, 3.05) is 6.54 Å². The number of rotatable bonds is 4. The third-order valence-corrected chi connectivity index (χ3v) is 4.91. The first-order valence-corrected chi connectivity index (χ1v) is 7.95. The van der Waals surface area contributed by atoms with Crippen LogP contribution in [0.15, 0.2) is 24.1 Å². The van der Waals surface area contributed by atoms with Gasteiger partial charge in [0.2, 0.25) is 0 Å². The average Bonchev–Trinajstić information content (AvgIpc) is 3.07. The highest BCUT2D eigenvalue weighted by Gasteiger charge is 2.22. The molecule has 1 aliphatic carbocycles. The molecule has 0 saturated heterocycles. The molecule has 0 spiro atoms. The Bertz CT molecular complexity index is 588. The summed E-state index contributed by atoms with van der Waals surface area (Å²) in [5.41, 5.74) is 2.18. The molecule has 0 bridgehead atoms. The van der Waals surface area contributed by atoms with Crippen molar-refractivity contribution in [3.63, 3.8) is 0 Å². The molecule has 1 amide bonds. The lowest BCUT2D eigenvalue weighted by atomic mass is 9.88. The largest absolute Gasteiger partial charge is 0.350 e. The van der Waals surface area contributed by atoms with Gasteiger partial charge in [-0.25, -0.2) is 4.98 Å². The van der Waals surface area contributed by atoms with E-state index in [2.05, 4.69) is 17.2 Å². The van der Waals surface area contributed by atoms with E-state index in [1.54, 1.807) is 23.9 Å². The SMILES string of the molecule is C[C@H]1CCc2c(C(=O)NCCn3ccnc3)csc2C1. The van der Waals surface area contributed by atoms with Gasteiger partial charge in [0.15, 0.2) is 0 Å². The smallest absolute Gasteiger partial charge is 0.252 e. The molecule has 5 heteroatoms. The predicted molar refractivity (Wildman–Crippen MR) is 80.1 cm³/mol. The number of carbonyl (C=O) groups excluding carboxylic acids is 1. The van der Waals surface area contributed by atoms with Crippen molar-refractivity contribution < 1.29 is 4.79 Å². The summed E-state index contributed by atoms with van der Waals surface area (Å²) in [5.74, 6) is 0.815. The first-order valence-electron chi connectivity index (χ1n) is 7.07. The highest BCUT2D eigenvalue weighted by atomic mass is 32.1. The Labute approximate surface area is 122 Å². The fourth-order valence-electron chi connectivity index (χ4n) is 2.68. The number of nitrogens with zero attached hydrogens (tertiary/aromatic N) is 2. The zero-order valence-corrected chi connectivity index (χ0v) is 12.4. The van der Waals surface area contributed by atoms with E-state index in [4.69, 9.17) is 0 Å². The molecule has 0 unspecified atom stereocenters. The van der Waals surface area contributed by atoms with Crippen LogP contribution in [0.25, 0.3) is 0 Å². The Morgan fingerprint density at radius 1 is 1.60 bits per heavy atom. The Balaban J connectivity index is 1.60. The highest BCUT2D eigenvalue weighted by molar-refractivity contribution is 7.10. The number of hydrogen-bond acceptors (Lipinski definition) is 3. The van der Waals surface area contributed by atoms with Gasteiger partial charge in [-0.1, -0.05) is 6.92 Å². The number of aromatic nitrogens is 2. The maximum Gasteiger partial charge on any atom is 0.252 e. The zero-order valence-electron chi connectivity index (χ0n) is 11.6. The van der Waals surface area contributed by atoms with Gasteiger partial charge >= 0.3 is 0 Å². The van der Waals surface area contributed by atoms with Gasteiger partial charge in [0.25, 0.3) is 5.91 Å². The van der Waals surface area contributed by atoms with E-state index < -0.39 is 0 Å². The molecule has 106 valence electrons. The van der Waals surface area contributed by atoms with Gasteiger partial charge in [-0.2, -0.15) is 0 Å². The summed E-state index contributed by atoms with van der Waals surface area (Å²) in [6.07, 6.45) is 8.78. The van der Waals surface area contributed by atoms with Crippen molar-refractivity contribution in [1.29, 1.82) is 0 Å². The lowest BCUT2D eigenvalue weighted by Gasteiger charge is -2.18. The van der Waals surface area contributed by atoms with Crippen molar-refractivity contribution in [2.45, 2.75) is 32.7 Å². The van der Waals surface area contributed by atoms with Gasteiger partial charge in [0.1, 0.15) is 0 Å². The fourth-order valence-corrected chi connectivity index (χ4v) is 3.92. The monoisotopic (exact) mass is 289 g/mol. The molecule has 0 saturated carbocycles. The van der Waals surface area contributed by atoms with E-state index in [-0.39, 0.29) is 5.91 Å². The first-order chi connectivity index (χ1) is 9.74. The Kier molecular flexibility index (Phi) is 3.87. The quantitative estimate of drug-likeness (QED) is 0.940. The van der Waals surface area contributed by atoms with Crippen LogP contribution < -0.4 is 5.32 Å². The molecule has 2 heterocycles. The summed E-state index contributed by atoms with van der Waals surface area (Å²) < 4.78 is 1.96. The van der Waals surface area contributed by atoms with Crippen LogP contribution in [0.5, 0.6) is 0 Å². The van der Waals surface area contributed by atoms with E-state index >= 15 is 0 Å². The Morgan fingerprint density at radius 2 is 2.50 bits per heavy atom. The van der Waals surface area contributed by atoms with E-state index in [0.717, 1.165) is 30.9 Å². The summed E-state index contributed by atoms with van der Waals surface area (Å²) in [6, 6.07) is 0. The number of imidazole rings is 1. The van der Waals surface area contributed by atoms with E-state index in [1.807, 2.05) is 16.1 Å². The van der Waals surface area contributed by atoms with Crippen molar-refractivity contribution in [3.05, 3.63) is 40.1 Å². The van der Waals surface area contributed by atoms with Crippen molar-refractivity contribution in [3.8, 4) is 0 Å². The van der Waals surface area contributed by atoms with Crippen LogP contribution in [0, 0.1) is 5.92 Å². The minimum Gasteiger partial charge on any atom is -0.350 e. The van der Waals surface area contributed by atoms with Crippen LogP contribution >= 0.6 is 11.3 Å². The van der Waals surface area contributed by atoms with E-state index in [0.29, 0.717) is 6.54 Å².